The van der Waals surface area contributed by atoms with Gasteiger partial charge in [-0.25, -0.2) is 0 Å². The van der Waals surface area contributed by atoms with Gasteiger partial charge in [-0.2, -0.15) is 0 Å². The summed E-state index contributed by atoms with van der Waals surface area (Å²) in [5.41, 5.74) is 18.5. The molecule has 0 aliphatic heterocycles. The van der Waals surface area contributed by atoms with Gasteiger partial charge in [-0.15, -0.1) is 0 Å². The predicted molar refractivity (Wildman–Crippen MR) is 227 cm³/mol. The van der Waals surface area contributed by atoms with Crippen LogP contribution < -0.4 is 0 Å². The van der Waals surface area contributed by atoms with Gasteiger partial charge in [0.2, 0.25) is 0 Å². The van der Waals surface area contributed by atoms with E-state index in [4.69, 9.17) is 0 Å². The molecule has 0 saturated heterocycles. The molecule has 6 rings (SSSR count). The summed E-state index contributed by atoms with van der Waals surface area (Å²) in [4.78, 5) is 0. The molecule has 0 bridgehead atoms. The second-order valence-electron chi connectivity index (χ2n) is 13.9. The molecule has 0 N–H and O–H groups in total. The summed E-state index contributed by atoms with van der Waals surface area (Å²) in [7, 11) is 0. The van der Waals surface area contributed by atoms with Crippen molar-refractivity contribution in [3.8, 4) is 11.1 Å². The minimum absolute atomic E-state index is 0.479. The smallest absolute Gasteiger partial charge is 0.0713 e. The number of hydrogen-bond donors (Lipinski definition) is 0. The highest BCUT2D eigenvalue weighted by Crippen LogP contribution is 2.57. The largest absolute Gasteiger partial charge is 0.0990 e. The van der Waals surface area contributed by atoms with Crippen molar-refractivity contribution in [3.63, 3.8) is 0 Å². The Morgan fingerprint density at radius 2 is 1.12 bits per heavy atom. The summed E-state index contributed by atoms with van der Waals surface area (Å²) < 4.78 is 0. The predicted octanol–water partition coefficient (Wildman–Crippen LogP) is 14.3. The van der Waals surface area contributed by atoms with Gasteiger partial charge in [0, 0.05) is 0 Å². The number of benzene rings is 5. The zero-order valence-corrected chi connectivity index (χ0v) is 31.6. The number of rotatable bonds is 11. The first-order chi connectivity index (χ1) is 25.3. The Morgan fingerprint density at radius 3 is 1.69 bits per heavy atom. The molecule has 258 valence electrons. The lowest BCUT2D eigenvalue weighted by atomic mass is 9.67. The molecule has 1 aliphatic rings. The Morgan fingerprint density at radius 1 is 0.577 bits per heavy atom. The van der Waals surface area contributed by atoms with E-state index in [0.717, 1.165) is 12.0 Å². The lowest BCUT2D eigenvalue weighted by molar-refractivity contribution is 0.767. The summed E-state index contributed by atoms with van der Waals surface area (Å²) in [6, 6.07) is 45.1. The van der Waals surface area contributed by atoms with Crippen molar-refractivity contribution >= 4 is 16.7 Å². The van der Waals surface area contributed by atoms with Gasteiger partial charge >= 0.3 is 0 Å². The number of aryl methyl sites for hydroxylation is 1. The lowest BCUT2D eigenvalue weighted by Crippen LogP contribution is -2.28. The molecule has 0 spiro atoms. The fourth-order valence-electron chi connectivity index (χ4n) is 7.51. The van der Waals surface area contributed by atoms with E-state index in [2.05, 4.69) is 205 Å². The van der Waals surface area contributed by atoms with E-state index in [1.807, 2.05) is 13.0 Å². The first-order valence-electron chi connectivity index (χ1n) is 18.4. The van der Waals surface area contributed by atoms with Crippen LogP contribution in [0.4, 0.5) is 0 Å². The standard InChI is InChI=1S/C52H50/c1-8-17-42(18-9-2)40(6)27-28-41(7)45-30-34-49-48-33-29-44(39(5)20-16-19-38(4)43-21-12-10-13-22-43)35-50(48)52(51(49)36-45,46-23-14-11-15-24-46)47-31-25-37(3)26-32-47/h8-15,17-36H,1,16H2,2-7H3/b18-9-,38-19+,39-20+,40-27+,41-28+,42-17+. The number of allylic oxidation sites excluding steroid dienone is 13. The minimum atomic E-state index is -0.479. The van der Waals surface area contributed by atoms with Crippen LogP contribution in [0.2, 0.25) is 0 Å². The molecule has 0 heteroatoms. The van der Waals surface area contributed by atoms with Gasteiger partial charge < -0.3 is 0 Å². The number of fused-ring (bicyclic) bond motifs is 3. The van der Waals surface area contributed by atoms with Gasteiger partial charge in [-0.05, 0) is 138 Å². The summed E-state index contributed by atoms with van der Waals surface area (Å²) in [5.74, 6) is 0. The average molecular weight is 675 g/mol. The Balaban J connectivity index is 1.51. The second-order valence-corrected chi connectivity index (χ2v) is 13.9. The van der Waals surface area contributed by atoms with Gasteiger partial charge in [0.25, 0.3) is 0 Å². The number of hydrogen-bond acceptors (Lipinski definition) is 0. The fourth-order valence-corrected chi connectivity index (χ4v) is 7.51. The van der Waals surface area contributed by atoms with Crippen LogP contribution in [-0.2, 0) is 5.41 Å². The SMILES string of the molecule is C=C/C=C(\C=C/C)C(/C)=C/C=C(\C)c1ccc2c(c1)C(c1ccccc1)(c1ccc(C)cc1)c1cc(/C(C)=C/C/C=C(\C)c3ccccc3)ccc1-2. The molecule has 0 saturated carbocycles. The van der Waals surface area contributed by atoms with Gasteiger partial charge in [-0.1, -0.05) is 170 Å². The van der Waals surface area contributed by atoms with Crippen molar-refractivity contribution in [2.24, 2.45) is 0 Å². The molecular formula is C52H50. The molecule has 1 aliphatic carbocycles. The normalized spacial score (nSPS) is 16.6. The van der Waals surface area contributed by atoms with Crippen LogP contribution in [-0.4, -0.2) is 0 Å². The van der Waals surface area contributed by atoms with Crippen LogP contribution in [0.15, 0.2) is 188 Å². The Hall–Kier alpha value is -5.72. The van der Waals surface area contributed by atoms with Crippen molar-refractivity contribution in [1.82, 2.24) is 0 Å². The maximum atomic E-state index is 3.91. The average Bonchev–Trinajstić information content (AvgIpc) is 3.47. The molecule has 1 unspecified atom stereocenters. The van der Waals surface area contributed by atoms with Crippen molar-refractivity contribution in [2.75, 3.05) is 0 Å². The monoisotopic (exact) mass is 674 g/mol. The van der Waals surface area contributed by atoms with Crippen LogP contribution in [0.5, 0.6) is 0 Å². The van der Waals surface area contributed by atoms with E-state index in [9.17, 15) is 0 Å². The first kappa shape index (κ1) is 36.1. The lowest BCUT2D eigenvalue weighted by Gasteiger charge is -2.34. The van der Waals surface area contributed by atoms with Crippen molar-refractivity contribution < 1.29 is 0 Å². The molecule has 5 aromatic carbocycles. The van der Waals surface area contributed by atoms with Crippen molar-refractivity contribution in [3.05, 3.63) is 232 Å². The van der Waals surface area contributed by atoms with Crippen LogP contribution in [0.25, 0.3) is 27.8 Å². The highest BCUT2D eigenvalue weighted by atomic mass is 14.5. The highest BCUT2D eigenvalue weighted by molar-refractivity contribution is 5.89. The third kappa shape index (κ3) is 7.21. The molecular weight excluding hydrogens is 625 g/mol. The van der Waals surface area contributed by atoms with Crippen LogP contribution in [0, 0.1) is 6.92 Å². The van der Waals surface area contributed by atoms with Crippen LogP contribution in [0.1, 0.15) is 85.5 Å². The molecule has 0 aromatic heterocycles. The summed E-state index contributed by atoms with van der Waals surface area (Å²) >= 11 is 0. The van der Waals surface area contributed by atoms with E-state index in [-0.39, 0.29) is 0 Å². The third-order valence-corrected chi connectivity index (χ3v) is 10.5. The Labute approximate surface area is 312 Å². The maximum absolute atomic E-state index is 3.91. The van der Waals surface area contributed by atoms with Gasteiger partial charge in [0.15, 0.2) is 0 Å². The van der Waals surface area contributed by atoms with E-state index >= 15 is 0 Å². The molecule has 0 amide bonds. The molecule has 52 heavy (non-hydrogen) atoms. The minimum Gasteiger partial charge on any atom is -0.0990 e. The highest BCUT2D eigenvalue weighted by Gasteiger charge is 2.46. The second kappa shape index (κ2) is 16.1. The zero-order chi connectivity index (χ0) is 36.7. The van der Waals surface area contributed by atoms with E-state index < -0.39 is 5.41 Å². The molecule has 0 fully saturated rings. The quantitative estimate of drug-likeness (QED) is 0.120. The molecule has 1 atom stereocenters. The zero-order valence-electron chi connectivity index (χ0n) is 31.6. The molecule has 0 nitrogen and oxygen atoms in total. The summed E-state index contributed by atoms with van der Waals surface area (Å²) in [6.45, 7) is 17.0. The van der Waals surface area contributed by atoms with E-state index in [1.54, 1.807) is 0 Å². The maximum Gasteiger partial charge on any atom is 0.0713 e. The van der Waals surface area contributed by atoms with Gasteiger partial charge in [0.1, 0.15) is 0 Å². The third-order valence-electron chi connectivity index (χ3n) is 10.5. The van der Waals surface area contributed by atoms with Crippen molar-refractivity contribution in [1.29, 1.82) is 0 Å². The van der Waals surface area contributed by atoms with Gasteiger partial charge in [-0.3, -0.25) is 0 Å². The Bertz CT molecular complexity index is 2250. The molecule has 0 radical (unpaired) electrons. The van der Waals surface area contributed by atoms with Crippen LogP contribution in [0.3, 0.4) is 0 Å². The van der Waals surface area contributed by atoms with Crippen molar-refractivity contribution in [2.45, 2.75) is 53.4 Å². The molecule has 5 aromatic rings. The summed E-state index contributed by atoms with van der Waals surface area (Å²) in [6.07, 6.45) is 18.1. The van der Waals surface area contributed by atoms with Crippen LogP contribution >= 0.6 is 0 Å². The van der Waals surface area contributed by atoms with E-state index in [1.165, 1.54) is 77.9 Å². The fraction of sp³-hybridized carbons (Fsp3) is 0.154. The van der Waals surface area contributed by atoms with Gasteiger partial charge in [0.05, 0.1) is 5.41 Å². The topological polar surface area (TPSA) is 0 Å². The first-order valence-corrected chi connectivity index (χ1v) is 18.4. The molecule has 0 heterocycles. The Kier molecular flexibility index (Phi) is 11.2. The summed E-state index contributed by atoms with van der Waals surface area (Å²) in [5, 5.41) is 0. The van der Waals surface area contributed by atoms with E-state index in [0.29, 0.717) is 0 Å².